The summed E-state index contributed by atoms with van der Waals surface area (Å²) in [5, 5.41) is 2.90. The van der Waals surface area contributed by atoms with Gasteiger partial charge in [-0.25, -0.2) is 9.59 Å². The summed E-state index contributed by atoms with van der Waals surface area (Å²) < 4.78 is 11.2. The number of rotatable bonds is 16. The Bertz CT molecular complexity index is 1420. The van der Waals surface area contributed by atoms with E-state index in [-0.39, 0.29) is 43.7 Å². The Morgan fingerprint density at radius 2 is 1.34 bits per heavy atom. The van der Waals surface area contributed by atoms with Crippen molar-refractivity contribution in [3.63, 3.8) is 0 Å². The van der Waals surface area contributed by atoms with Crippen molar-refractivity contribution in [3.8, 4) is 0 Å². The van der Waals surface area contributed by atoms with Crippen LogP contribution in [0.15, 0.2) is 91.0 Å². The smallest absolute Gasteiger partial charge is 0.410 e. The van der Waals surface area contributed by atoms with Gasteiger partial charge in [0, 0.05) is 18.9 Å². The lowest BCUT2D eigenvalue weighted by Crippen LogP contribution is -2.46. The molecule has 3 aromatic carbocycles. The molecule has 0 aliphatic heterocycles. The van der Waals surface area contributed by atoms with E-state index in [0.29, 0.717) is 12.8 Å². The average molecular weight is 643 g/mol. The largest absolute Gasteiger partial charge is 0.459 e. The third kappa shape index (κ3) is 13.4. The van der Waals surface area contributed by atoms with E-state index >= 15 is 0 Å². The minimum Gasteiger partial charge on any atom is -0.459 e. The Labute approximate surface area is 279 Å². The van der Waals surface area contributed by atoms with E-state index in [0.717, 1.165) is 16.7 Å². The first-order valence-electron chi connectivity index (χ1n) is 16.4. The number of ketones is 1. The van der Waals surface area contributed by atoms with Gasteiger partial charge in [0.1, 0.15) is 18.2 Å². The van der Waals surface area contributed by atoms with Crippen LogP contribution < -0.4 is 5.32 Å². The fourth-order valence-corrected chi connectivity index (χ4v) is 5.26. The van der Waals surface area contributed by atoms with E-state index < -0.39 is 35.5 Å². The number of nitrogens with one attached hydrogen (secondary N) is 1. The second-order valence-electron chi connectivity index (χ2n) is 13.6. The van der Waals surface area contributed by atoms with Crippen LogP contribution in [0.2, 0.25) is 0 Å². The topological polar surface area (TPSA) is 102 Å². The monoisotopic (exact) mass is 642 g/mol. The van der Waals surface area contributed by atoms with Crippen molar-refractivity contribution in [1.82, 2.24) is 10.2 Å². The number of hydrogen-bond acceptors (Lipinski definition) is 6. The molecule has 3 rings (SSSR count). The fourth-order valence-electron chi connectivity index (χ4n) is 5.26. The average Bonchev–Trinajstić information content (AvgIpc) is 3.03. The first-order chi connectivity index (χ1) is 22.3. The van der Waals surface area contributed by atoms with Crippen LogP contribution in [0.5, 0.6) is 0 Å². The second kappa shape index (κ2) is 18.0. The lowest BCUT2D eigenvalue weighted by Gasteiger charge is -2.29. The number of ether oxygens (including phenoxy) is 2. The van der Waals surface area contributed by atoms with Gasteiger partial charge in [0.25, 0.3) is 0 Å². The molecule has 0 aliphatic carbocycles. The molecule has 3 atom stereocenters. The predicted molar refractivity (Wildman–Crippen MR) is 184 cm³/mol. The van der Waals surface area contributed by atoms with Gasteiger partial charge in [-0.05, 0) is 62.1 Å². The summed E-state index contributed by atoms with van der Waals surface area (Å²) in [5.74, 6) is -1.93. The molecule has 3 aromatic rings. The molecule has 0 heterocycles. The van der Waals surface area contributed by atoms with Gasteiger partial charge in [0.2, 0.25) is 5.91 Å². The van der Waals surface area contributed by atoms with Crippen molar-refractivity contribution in [2.75, 3.05) is 13.1 Å². The molecule has 252 valence electrons. The number of carbonyl (C=O) groups is 4. The van der Waals surface area contributed by atoms with Gasteiger partial charge in [-0.3, -0.25) is 9.59 Å². The summed E-state index contributed by atoms with van der Waals surface area (Å²) >= 11 is 0. The molecule has 0 saturated carbocycles. The van der Waals surface area contributed by atoms with Crippen LogP contribution in [0.4, 0.5) is 4.79 Å². The zero-order valence-electron chi connectivity index (χ0n) is 28.6. The highest BCUT2D eigenvalue weighted by Crippen LogP contribution is 2.21. The van der Waals surface area contributed by atoms with Crippen molar-refractivity contribution in [2.45, 2.75) is 85.0 Å². The van der Waals surface area contributed by atoms with Crippen LogP contribution in [0, 0.1) is 11.8 Å². The minimum absolute atomic E-state index is 0.0568. The quantitative estimate of drug-likeness (QED) is 0.167. The molecule has 0 aromatic heterocycles. The van der Waals surface area contributed by atoms with E-state index in [1.54, 1.807) is 20.8 Å². The van der Waals surface area contributed by atoms with E-state index in [9.17, 15) is 19.2 Å². The highest BCUT2D eigenvalue weighted by molar-refractivity contribution is 5.91. The molecule has 0 radical (unpaired) electrons. The van der Waals surface area contributed by atoms with E-state index in [2.05, 4.69) is 5.32 Å². The molecule has 47 heavy (non-hydrogen) atoms. The van der Waals surface area contributed by atoms with Crippen molar-refractivity contribution >= 4 is 23.8 Å². The van der Waals surface area contributed by atoms with E-state index in [1.165, 1.54) is 4.90 Å². The number of Topliss-reactive ketones (excluding diaryl/α,β-unsaturated/α-hetero) is 1. The van der Waals surface area contributed by atoms with Gasteiger partial charge >= 0.3 is 12.1 Å². The van der Waals surface area contributed by atoms with Gasteiger partial charge in [-0.2, -0.15) is 0 Å². The van der Waals surface area contributed by atoms with Crippen molar-refractivity contribution in [3.05, 3.63) is 108 Å². The zero-order chi connectivity index (χ0) is 34.4. The van der Waals surface area contributed by atoms with Gasteiger partial charge in [0.15, 0.2) is 5.78 Å². The third-order valence-electron chi connectivity index (χ3n) is 7.58. The molecule has 8 nitrogen and oxygen atoms in total. The van der Waals surface area contributed by atoms with E-state index in [1.807, 2.05) is 112 Å². The summed E-state index contributed by atoms with van der Waals surface area (Å²) in [5.41, 5.74) is 2.02. The Balaban J connectivity index is 1.78. The number of nitrogens with zero attached hydrogens (tertiary/aromatic N) is 1. The Morgan fingerprint density at radius 1 is 0.787 bits per heavy atom. The third-order valence-corrected chi connectivity index (χ3v) is 7.58. The Kier molecular flexibility index (Phi) is 14.2. The van der Waals surface area contributed by atoms with Crippen molar-refractivity contribution in [1.29, 1.82) is 0 Å². The number of esters is 1. The SMILES string of the molecule is CC(C)C[C@@H](NC(=O)[C@H](CC(=O)CN(C[C@@H](C)c1ccccc1)C(=O)OC(C)(C)C)Cc1ccccc1)C(=O)OCc1ccccc1. The summed E-state index contributed by atoms with van der Waals surface area (Å²) in [6.07, 6.45) is -0.0305. The Hall–Kier alpha value is -4.46. The standard InChI is InChI=1S/C39H50N2O6/c1-28(2)22-35(37(44)46-27-31-18-12-8-13-19-31)40-36(43)33(23-30-16-10-7-11-17-30)24-34(42)26-41(38(45)47-39(4,5)6)25-29(3)32-20-14-9-15-21-32/h7-21,28-29,33,35H,22-27H2,1-6H3,(H,40,43)/t29-,33+,35-/m1/s1. The molecule has 0 fully saturated rings. The van der Waals surface area contributed by atoms with Gasteiger partial charge in [-0.15, -0.1) is 0 Å². The molecule has 0 unspecified atom stereocenters. The molecule has 8 heteroatoms. The van der Waals surface area contributed by atoms with Crippen LogP contribution in [0.3, 0.4) is 0 Å². The zero-order valence-corrected chi connectivity index (χ0v) is 28.6. The molecular formula is C39H50N2O6. The fraction of sp³-hybridized carbons (Fsp3) is 0.436. The molecule has 2 amide bonds. The van der Waals surface area contributed by atoms with Crippen LogP contribution in [0.25, 0.3) is 0 Å². The number of benzene rings is 3. The summed E-state index contributed by atoms with van der Waals surface area (Å²) in [4.78, 5) is 55.4. The first kappa shape index (κ1) is 37.0. The van der Waals surface area contributed by atoms with Crippen LogP contribution >= 0.6 is 0 Å². The molecule has 0 bridgehead atoms. The van der Waals surface area contributed by atoms with Gasteiger partial charge in [0.05, 0.1) is 6.54 Å². The summed E-state index contributed by atoms with van der Waals surface area (Å²) in [6, 6.07) is 27.7. The highest BCUT2D eigenvalue weighted by atomic mass is 16.6. The second-order valence-corrected chi connectivity index (χ2v) is 13.6. The van der Waals surface area contributed by atoms with Crippen LogP contribution in [-0.4, -0.2) is 53.4 Å². The lowest BCUT2D eigenvalue weighted by atomic mass is 9.92. The Morgan fingerprint density at radius 3 is 1.89 bits per heavy atom. The predicted octanol–water partition coefficient (Wildman–Crippen LogP) is 7.12. The molecule has 0 aliphatic rings. The molecular weight excluding hydrogens is 592 g/mol. The molecule has 0 spiro atoms. The normalized spacial score (nSPS) is 13.3. The van der Waals surface area contributed by atoms with Gasteiger partial charge in [-0.1, -0.05) is 112 Å². The van der Waals surface area contributed by atoms with Crippen LogP contribution in [-0.2, 0) is 36.9 Å². The van der Waals surface area contributed by atoms with Crippen molar-refractivity contribution < 1.29 is 28.7 Å². The molecule has 0 saturated heterocycles. The summed E-state index contributed by atoms with van der Waals surface area (Å²) in [6.45, 7) is 11.4. The van der Waals surface area contributed by atoms with E-state index in [4.69, 9.17) is 9.47 Å². The lowest BCUT2D eigenvalue weighted by molar-refractivity contribution is -0.150. The first-order valence-corrected chi connectivity index (χ1v) is 16.4. The maximum atomic E-state index is 13.8. The van der Waals surface area contributed by atoms with Crippen LogP contribution in [0.1, 0.15) is 77.0 Å². The minimum atomic E-state index is -0.871. The molecule has 1 N–H and O–H groups in total. The number of amides is 2. The summed E-state index contributed by atoms with van der Waals surface area (Å²) in [7, 11) is 0. The number of hydrogen-bond donors (Lipinski definition) is 1. The number of carbonyl (C=O) groups excluding carboxylic acids is 4. The maximum absolute atomic E-state index is 13.8. The highest BCUT2D eigenvalue weighted by Gasteiger charge is 2.31. The maximum Gasteiger partial charge on any atom is 0.410 e. The van der Waals surface area contributed by atoms with Gasteiger partial charge < -0.3 is 19.7 Å². The van der Waals surface area contributed by atoms with Crippen molar-refractivity contribution in [2.24, 2.45) is 11.8 Å².